The van der Waals surface area contributed by atoms with E-state index in [9.17, 15) is 4.79 Å². The molecule has 0 saturated carbocycles. The van der Waals surface area contributed by atoms with E-state index in [2.05, 4.69) is 35.8 Å². The fourth-order valence-electron chi connectivity index (χ4n) is 1.21. The molecule has 0 aliphatic heterocycles. The van der Waals surface area contributed by atoms with Gasteiger partial charge in [-0.3, -0.25) is 4.79 Å². The first kappa shape index (κ1) is 11.7. The second-order valence-electron chi connectivity index (χ2n) is 3.39. The van der Waals surface area contributed by atoms with Crippen LogP contribution in [-0.4, -0.2) is 11.1 Å². The number of hydrogen-bond donors (Lipinski definition) is 1. The first-order chi connectivity index (χ1) is 6.50. The van der Waals surface area contributed by atoms with Crippen LogP contribution in [0, 0.1) is 6.92 Å². The number of hydrogen-bond acceptors (Lipinski definition) is 2. The molecule has 1 aromatic heterocycles. The normalized spacial score (nSPS) is 12.8. The highest BCUT2D eigenvalue weighted by Crippen LogP contribution is 2.33. The molecule has 0 fully saturated rings. The van der Waals surface area contributed by atoms with Crippen LogP contribution in [0.15, 0.2) is 10.5 Å². The monoisotopic (exact) mass is 276 g/mol. The SMILES string of the molecule is Cc1sc(C(C)CCC(=O)O)cc1Br. The van der Waals surface area contributed by atoms with Gasteiger partial charge in [-0.05, 0) is 41.3 Å². The molecule has 0 radical (unpaired) electrons. The average molecular weight is 277 g/mol. The minimum absolute atomic E-state index is 0.246. The van der Waals surface area contributed by atoms with Crippen LogP contribution in [-0.2, 0) is 4.79 Å². The van der Waals surface area contributed by atoms with Gasteiger partial charge in [-0.2, -0.15) is 0 Å². The smallest absolute Gasteiger partial charge is 0.303 e. The maximum atomic E-state index is 10.4. The molecule has 1 unspecified atom stereocenters. The third kappa shape index (κ3) is 3.10. The predicted octanol–water partition coefficient (Wildman–Crippen LogP) is 3.79. The standard InChI is InChI=1S/C10H13BrO2S/c1-6(3-4-10(12)13)9-5-8(11)7(2)14-9/h5-6H,3-4H2,1-2H3,(H,12,13). The van der Waals surface area contributed by atoms with E-state index in [4.69, 9.17) is 5.11 Å². The van der Waals surface area contributed by atoms with Crippen LogP contribution in [0.1, 0.15) is 35.4 Å². The molecule has 1 N–H and O–H groups in total. The zero-order valence-electron chi connectivity index (χ0n) is 8.21. The number of thiophene rings is 1. The number of carboxylic acids is 1. The third-order valence-electron chi connectivity index (χ3n) is 2.15. The molecule has 1 aromatic rings. The fraction of sp³-hybridized carbons (Fsp3) is 0.500. The number of rotatable bonds is 4. The van der Waals surface area contributed by atoms with Gasteiger partial charge in [0.2, 0.25) is 0 Å². The Morgan fingerprint density at radius 1 is 1.71 bits per heavy atom. The van der Waals surface area contributed by atoms with Gasteiger partial charge in [0, 0.05) is 20.6 Å². The Morgan fingerprint density at radius 3 is 2.79 bits per heavy atom. The topological polar surface area (TPSA) is 37.3 Å². The molecule has 0 spiro atoms. The summed E-state index contributed by atoms with van der Waals surface area (Å²) in [6.07, 6.45) is 0.956. The molecule has 0 aliphatic rings. The lowest BCUT2D eigenvalue weighted by Crippen LogP contribution is -1.98. The molecular weight excluding hydrogens is 264 g/mol. The number of aryl methyl sites for hydroxylation is 1. The maximum absolute atomic E-state index is 10.4. The Kier molecular flexibility index (Phi) is 4.13. The highest BCUT2D eigenvalue weighted by Gasteiger charge is 2.11. The average Bonchev–Trinajstić information content (AvgIpc) is 2.43. The molecule has 1 rings (SSSR count). The highest BCUT2D eigenvalue weighted by molar-refractivity contribution is 9.10. The van der Waals surface area contributed by atoms with E-state index >= 15 is 0 Å². The van der Waals surface area contributed by atoms with Crippen molar-refractivity contribution >= 4 is 33.2 Å². The van der Waals surface area contributed by atoms with Gasteiger partial charge in [-0.15, -0.1) is 11.3 Å². The molecule has 0 bridgehead atoms. The van der Waals surface area contributed by atoms with Crippen molar-refractivity contribution in [2.45, 2.75) is 32.6 Å². The van der Waals surface area contributed by atoms with Crippen molar-refractivity contribution in [3.63, 3.8) is 0 Å². The van der Waals surface area contributed by atoms with Crippen molar-refractivity contribution in [3.8, 4) is 0 Å². The summed E-state index contributed by atoms with van der Waals surface area (Å²) in [5.41, 5.74) is 0. The first-order valence-electron chi connectivity index (χ1n) is 4.48. The molecule has 0 aliphatic carbocycles. The molecule has 0 saturated heterocycles. The minimum Gasteiger partial charge on any atom is -0.481 e. The number of carbonyl (C=O) groups is 1. The van der Waals surface area contributed by atoms with Crippen LogP contribution >= 0.6 is 27.3 Å². The van der Waals surface area contributed by atoms with E-state index in [1.807, 2.05) is 0 Å². The largest absolute Gasteiger partial charge is 0.481 e. The Balaban J connectivity index is 2.60. The molecule has 14 heavy (non-hydrogen) atoms. The lowest BCUT2D eigenvalue weighted by atomic mass is 10.0. The molecule has 0 aromatic carbocycles. The zero-order valence-corrected chi connectivity index (χ0v) is 10.6. The maximum Gasteiger partial charge on any atom is 0.303 e. The molecule has 1 heterocycles. The highest BCUT2D eigenvalue weighted by atomic mass is 79.9. The summed E-state index contributed by atoms with van der Waals surface area (Å²) in [5, 5.41) is 8.56. The van der Waals surface area contributed by atoms with Gasteiger partial charge in [0.1, 0.15) is 0 Å². The van der Waals surface area contributed by atoms with E-state index in [1.165, 1.54) is 9.75 Å². The van der Waals surface area contributed by atoms with E-state index < -0.39 is 5.97 Å². The van der Waals surface area contributed by atoms with Gasteiger partial charge in [-0.25, -0.2) is 0 Å². The van der Waals surface area contributed by atoms with Gasteiger partial charge in [0.05, 0.1) is 0 Å². The van der Waals surface area contributed by atoms with Crippen LogP contribution < -0.4 is 0 Å². The number of halogens is 1. The van der Waals surface area contributed by atoms with Gasteiger partial charge >= 0.3 is 5.97 Å². The van der Waals surface area contributed by atoms with Crippen molar-refractivity contribution in [1.29, 1.82) is 0 Å². The first-order valence-corrected chi connectivity index (χ1v) is 6.09. The number of aliphatic carboxylic acids is 1. The quantitative estimate of drug-likeness (QED) is 0.909. The lowest BCUT2D eigenvalue weighted by molar-refractivity contribution is -0.137. The number of carboxylic acid groups (broad SMARTS) is 1. The van der Waals surface area contributed by atoms with Crippen molar-refractivity contribution in [3.05, 3.63) is 20.3 Å². The third-order valence-corrected chi connectivity index (χ3v) is 4.52. The molecule has 4 heteroatoms. The summed E-state index contributed by atoms with van der Waals surface area (Å²) in [6.45, 7) is 4.13. The summed E-state index contributed by atoms with van der Waals surface area (Å²) in [5.74, 6) is -0.384. The van der Waals surface area contributed by atoms with Gasteiger partial charge in [0.15, 0.2) is 0 Å². The summed E-state index contributed by atoms with van der Waals surface area (Å²) in [7, 11) is 0. The second-order valence-corrected chi connectivity index (χ2v) is 5.53. The summed E-state index contributed by atoms with van der Waals surface area (Å²) in [4.78, 5) is 12.9. The molecule has 1 atom stereocenters. The Hall–Kier alpha value is -0.350. The van der Waals surface area contributed by atoms with Crippen molar-refractivity contribution in [2.24, 2.45) is 0 Å². The van der Waals surface area contributed by atoms with E-state index in [-0.39, 0.29) is 6.42 Å². The lowest BCUT2D eigenvalue weighted by Gasteiger charge is -2.06. The van der Waals surface area contributed by atoms with E-state index in [0.717, 1.165) is 4.47 Å². The predicted molar refractivity (Wildman–Crippen MR) is 62.0 cm³/mol. The van der Waals surface area contributed by atoms with Crippen LogP contribution in [0.3, 0.4) is 0 Å². The van der Waals surface area contributed by atoms with Crippen LogP contribution in [0.2, 0.25) is 0 Å². The van der Waals surface area contributed by atoms with Gasteiger partial charge in [0.25, 0.3) is 0 Å². The van der Waals surface area contributed by atoms with Crippen molar-refractivity contribution in [1.82, 2.24) is 0 Å². The second kappa shape index (κ2) is 4.94. The Bertz CT molecular complexity index is 313. The summed E-state index contributed by atoms with van der Waals surface area (Å²) in [6, 6.07) is 2.09. The zero-order chi connectivity index (χ0) is 10.7. The van der Waals surface area contributed by atoms with Crippen LogP contribution in [0.4, 0.5) is 0 Å². The minimum atomic E-state index is -0.718. The Morgan fingerprint density at radius 2 is 2.36 bits per heavy atom. The van der Waals surface area contributed by atoms with Crippen molar-refractivity contribution < 1.29 is 9.90 Å². The molecule has 0 amide bonds. The van der Waals surface area contributed by atoms with Gasteiger partial charge < -0.3 is 5.11 Å². The van der Waals surface area contributed by atoms with Crippen LogP contribution in [0.25, 0.3) is 0 Å². The van der Waals surface area contributed by atoms with Crippen molar-refractivity contribution in [2.75, 3.05) is 0 Å². The van der Waals surface area contributed by atoms with E-state index in [1.54, 1.807) is 11.3 Å². The van der Waals surface area contributed by atoms with Gasteiger partial charge in [-0.1, -0.05) is 6.92 Å². The molecule has 2 nitrogen and oxygen atoms in total. The van der Waals surface area contributed by atoms with E-state index in [0.29, 0.717) is 12.3 Å². The molecular formula is C10H13BrO2S. The summed E-state index contributed by atoms with van der Waals surface area (Å²) >= 11 is 5.19. The molecule has 78 valence electrons. The van der Waals surface area contributed by atoms with Crippen LogP contribution in [0.5, 0.6) is 0 Å². The summed E-state index contributed by atoms with van der Waals surface area (Å²) < 4.78 is 1.12. The Labute approximate surface area is 96.1 Å². The fourth-order valence-corrected chi connectivity index (χ4v) is 2.85.